The molecule has 2 heterocycles. The van der Waals surface area contributed by atoms with Gasteiger partial charge in [0, 0.05) is 37.4 Å². The van der Waals surface area contributed by atoms with E-state index in [9.17, 15) is 14.0 Å². The second-order valence-electron chi connectivity index (χ2n) is 5.80. The van der Waals surface area contributed by atoms with Gasteiger partial charge in [-0.25, -0.2) is 4.39 Å². The van der Waals surface area contributed by atoms with Crippen LogP contribution in [0.3, 0.4) is 0 Å². The first-order valence-electron chi connectivity index (χ1n) is 7.62. The smallest absolute Gasteiger partial charge is 0.272 e. The molecule has 126 valence electrons. The maximum Gasteiger partial charge on any atom is 0.272 e. The summed E-state index contributed by atoms with van der Waals surface area (Å²) in [6.45, 7) is 3.60. The number of aromatic nitrogens is 2. The number of amides is 2. The van der Waals surface area contributed by atoms with Gasteiger partial charge in [0.2, 0.25) is 0 Å². The van der Waals surface area contributed by atoms with E-state index in [1.165, 1.54) is 18.2 Å². The van der Waals surface area contributed by atoms with Gasteiger partial charge >= 0.3 is 0 Å². The highest BCUT2D eigenvalue weighted by Crippen LogP contribution is 2.21. The lowest BCUT2D eigenvalue weighted by Gasteiger charge is -2.40. The third kappa shape index (κ3) is 3.08. The maximum absolute atomic E-state index is 13.4. The highest BCUT2D eigenvalue weighted by Gasteiger charge is 2.29. The number of aromatic amines is 1. The summed E-state index contributed by atoms with van der Waals surface area (Å²) in [5.74, 6) is -1.20. The molecule has 1 saturated heterocycles. The zero-order valence-corrected chi connectivity index (χ0v) is 13.2. The van der Waals surface area contributed by atoms with Gasteiger partial charge in [0.15, 0.2) is 5.69 Å². The number of halogens is 1. The predicted octanol–water partition coefficient (Wildman–Crippen LogP) is 0.999. The SMILES string of the molecule is CC1CN(c2cccc(F)c2)CCN1C(=O)c1cc(C(N)=O)n[nH]1. The van der Waals surface area contributed by atoms with Gasteiger partial charge in [-0.15, -0.1) is 0 Å². The van der Waals surface area contributed by atoms with Crippen molar-refractivity contribution in [3.8, 4) is 0 Å². The average Bonchev–Trinajstić information content (AvgIpc) is 3.04. The van der Waals surface area contributed by atoms with Crippen molar-refractivity contribution in [2.45, 2.75) is 13.0 Å². The molecule has 8 heteroatoms. The Balaban J connectivity index is 1.71. The van der Waals surface area contributed by atoms with E-state index in [1.54, 1.807) is 11.0 Å². The second kappa shape index (κ2) is 6.31. The molecule has 0 saturated carbocycles. The molecule has 2 aromatic rings. The van der Waals surface area contributed by atoms with Crippen molar-refractivity contribution >= 4 is 17.5 Å². The minimum Gasteiger partial charge on any atom is -0.368 e. The number of H-pyrrole nitrogens is 1. The summed E-state index contributed by atoms with van der Waals surface area (Å²) in [5, 5.41) is 6.28. The highest BCUT2D eigenvalue weighted by atomic mass is 19.1. The molecule has 3 N–H and O–H groups in total. The molecule has 1 aromatic carbocycles. The topological polar surface area (TPSA) is 95.3 Å². The number of benzene rings is 1. The summed E-state index contributed by atoms with van der Waals surface area (Å²) in [5.41, 5.74) is 6.21. The van der Waals surface area contributed by atoms with Gasteiger partial charge in [-0.1, -0.05) is 6.07 Å². The van der Waals surface area contributed by atoms with Crippen LogP contribution in [-0.4, -0.2) is 52.6 Å². The summed E-state index contributed by atoms with van der Waals surface area (Å²) in [7, 11) is 0. The molecule has 1 atom stereocenters. The molecule has 1 aliphatic rings. The minimum absolute atomic E-state index is 0.0319. The van der Waals surface area contributed by atoms with Gasteiger partial charge in [-0.3, -0.25) is 14.7 Å². The van der Waals surface area contributed by atoms with Crippen molar-refractivity contribution in [2.24, 2.45) is 5.73 Å². The van der Waals surface area contributed by atoms with Crippen LogP contribution in [-0.2, 0) is 0 Å². The number of carbonyl (C=O) groups excluding carboxylic acids is 2. The summed E-state index contributed by atoms with van der Waals surface area (Å²) >= 11 is 0. The van der Waals surface area contributed by atoms with E-state index in [0.717, 1.165) is 5.69 Å². The van der Waals surface area contributed by atoms with Crippen LogP contribution in [0.25, 0.3) is 0 Å². The summed E-state index contributed by atoms with van der Waals surface area (Å²) < 4.78 is 13.4. The molecule has 1 unspecified atom stereocenters. The van der Waals surface area contributed by atoms with Gasteiger partial charge in [-0.2, -0.15) is 5.10 Å². The summed E-state index contributed by atoms with van der Waals surface area (Å²) in [6.07, 6.45) is 0. The Morgan fingerprint density at radius 1 is 1.33 bits per heavy atom. The Morgan fingerprint density at radius 3 is 2.75 bits per heavy atom. The number of carbonyl (C=O) groups is 2. The number of nitrogens with zero attached hydrogens (tertiary/aromatic N) is 3. The van der Waals surface area contributed by atoms with Crippen LogP contribution in [0.4, 0.5) is 10.1 Å². The number of anilines is 1. The second-order valence-corrected chi connectivity index (χ2v) is 5.80. The van der Waals surface area contributed by atoms with Crippen molar-refractivity contribution in [1.82, 2.24) is 15.1 Å². The Bertz CT molecular complexity index is 775. The average molecular weight is 331 g/mol. The molecule has 0 bridgehead atoms. The number of hydrogen-bond donors (Lipinski definition) is 2. The number of hydrogen-bond acceptors (Lipinski definition) is 4. The third-order valence-electron chi connectivity index (χ3n) is 4.12. The van der Waals surface area contributed by atoms with E-state index in [-0.39, 0.29) is 29.2 Å². The maximum atomic E-state index is 13.4. The molecule has 0 aliphatic carbocycles. The van der Waals surface area contributed by atoms with Gasteiger partial charge in [-0.05, 0) is 25.1 Å². The van der Waals surface area contributed by atoms with Crippen LogP contribution in [0, 0.1) is 5.82 Å². The fourth-order valence-electron chi connectivity index (χ4n) is 2.88. The number of nitrogens with two attached hydrogens (primary N) is 1. The zero-order valence-electron chi connectivity index (χ0n) is 13.2. The molecule has 0 radical (unpaired) electrons. The van der Waals surface area contributed by atoms with Crippen LogP contribution < -0.4 is 10.6 Å². The van der Waals surface area contributed by atoms with Crippen LogP contribution in [0.5, 0.6) is 0 Å². The minimum atomic E-state index is -0.686. The quantitative estimate of drug-likeness (QED) is 0.877. The van der Waals surface area contributed by atoms with Gasteiger partial charge in [0.25, 0.3) is 11.8 Å². The zero-order chi connectivity index (χ0) is 17.3. The number of rotatable bonds is 3. The van der Waals surface area contributed by atoms with Gasteiger partial charge in [0.05, 0.1) is 0 Å². The molecule has 24 heavy (non-hydrogen) atoms. The van der Waals surface area contributed by atoms with E-state index in [2.05, 4.69) is 10.2 Å². The van der Waals surface area contributed by atoms with E-state index < -0.39 is 5.91 Å². The van der Waals surface area contributed by atoms with E-state index in [0.29, 0.717) is 19.6 Å². The molecule has 1 aliphatic heterocycles. The Hall–Kier alpha value is -2.90. The Labute approximate surface area is 138 Å². The standard InChI is InChI=1S/C16H18FN5O2/c1-10-9-21(12-4-2-3-11(17)7-12)5-6-22(10)16(24)14-8-13(15(18)23)19-20-14/h2-4,7-8,10H,5-6,9H2,1H3,(H2,18,23)(H,19,20). The Morgan fingerprint density at radius 2 is 2.12 bits per heavy atom. The third-order valence-corrected chi connectivity index (χ3v) is 4.12. The van der Waals surface area contributed by atoms with Crippen molar-refractivity contribution in [2.75, 3.05) is 24.5 Å². The first-order chi connectivity index (χ1) is 11.5. The fraction of sp³-hybridized carbons (Fsp3) is 0.312. The normalized spacial score (nSPS) is 17.8. The first kappa shape index (κ1) is 16.0. The highest BCUT2D eigenvalue weighted by molar-refractivity contribution is 5.97. The fourth-order valence-corrected chi connectivity index (χ4v) is 2.88. The molecule has 7 nitrogen and oxygen atoms in total. The lowest BCUT2D eigenvalue weighted by Crippen LogP contribution is -2.54. The van der Waals surface area contributed by atoms with Crippen molar-refractivity contribution in [3.05, 3.63) is 47.5 Å². The Kier molecular flexibility index (Phi) is 4.20. The molecular formula is C16H18FN5O2. The molecule has 1 aromatic heterocycles. The molecule has 2 amide bonds. The van der Waals surface area contributed by atoms with E-state index >= 15 is 0 Å². The molecule has 1 fully saturated rings. The van der Waals surface area contributed by atoms with Crippen molar-refractivity contribution in [1.29, 1.82) is 0 Å². The van der Waals surface area contributed by atoms with Gasteiger partial charge in [0.1, 0.15) is 11.5 Å². The monoisotopic (exact) mass is 331 g/mol. The lowest BCUT2D eigenvalue weighted by molar-refractivity contribution is 0.0668. The summed E-state index contributed by atoms with van der Waals surface area (Å²) in [4.78, 5) is 27.4. The molecule has 0 spiro atoms. The first-order valence-corrected chi connectivity index (χ1v) is 7.62. The van der Waals surface area contributed by atoms with E-state index in [4.69, 9.17) is 5.73 Å². The largest absolute Gasteiger partial charge is 0.368 e. The van der Waals surface area contributed by atoms with Crippen LogP contribution in [0.1, 0.15) is 27.9 Å². The summed E-state index contributed by atoms with van der Waals surface area (Å²) in [6, 6.07) is 7.69. The van der Waals surface area contributed by atoms with Crippen molar-refractivity contribution < 1.29 is 14.0 Å². The molecule has 3 rings (SSSR count). The number of nitrogens with one attached hydrogen (secondary N) is 1. The van der Waals surface area contributed by atoms with Gasteiger partial charge < -0.3 is 15.5 Å². The number of piperazine rings is 1. The lowest BCUT2D eigenvalue weighted by atomic mass is 10.1. The predicted molar refractivity (Wildman–Crippen MR) is 86.2 cm³/mol. The van der Waals surface area contributed by atoms with Crippen LogP contribution in [0.15, 0.2) is 30.3 Å². The van der Waals surface area contributed by atoms with Crippen LogP contribution in [0.2, 0.25) is 0 Å². The molecular weight excluding hydrogens is 313 g/mol. The van der Waals surface area contributed by atoms with E-state index in [1.807, 2.05) is 17.9 Å². The number of primary amides is 1. The van der Waals surface area contributed by atoms with Crippen molar-refractivity contribution in [3.63, 3.8) is 0 Å². The van der Waals surface area contributed by atoms with Crippen LogP contribution >= 0.6 is 0 Å².